The third-order valence-electron chi connectivity index (χ3n) is 3.11. The fourth-order valence-electron chi connectivity index (χ4n) is 1.97. The number of aliphatic carboxylic acids is 1. The van der Waals surface area contributed by atoms with E-state index in [-0.39, 0.29) is 17.9 Å². The molecule has 0 aliphatic carbocycles. The van der Waals surface area contributed by atoms with Gasteiger partial charge in [-0.2, -0.15) is 0 Å². The van der Waals surface area contributed by atoms with E-state index in [1.165, 1.54) is 11.3 Å². The molecule has 1 amide bonds. The number of hydrogen-bond acceptors (Lipinski definition) is 3. The van der Waals surface area contributed by atoms with Gasteiger partial charge in [-0.25, -0.2) is 0 Å². The van der Waals surface area contributed by atoms with Crippen LogP contribution in [0.15, 0.2) is 6.07 Å². The Bertz CT molecular complexity index is 480. The minimum absolute atomic E-state index is 0.0795. The molecule has 0 fully saturated rings. The number of carboxylic acid groups (broad SMARTS) is 1. The van der Waals surface area contributed by atoms with Crippen LogP contribution in [0.4, 0.5) is 0 Å². The molecule has 1 aromatic heterocycles. The van der Waals surface area contributed by atoms with Crippen LogP contribution in [-0.4, -0.2) is 23.5 Å². The Morgan fingerprint density at radius 1 is 1.35 bits per heavy atom. The molecule has 1 rings (SSSR count). The number of carbonyl (C=O) groups is 2. The highest BCUT2D eigenvalue weighted by atomic mass is 32.1. The third kappa shape index (κ3) is 4.96. The highest BCUT2D eigenvalue weighted by Gasteiger charge is 2.25. The van der Waals surface area contributed by atoms with Crippen LogP contribution in [0.5, 0.6) is 0 Å². The van der Waals surface area contributed by atoms with E-state index in [0.717, 1.165) is 10.4 Å². The second kappa shape index (κ2) is 6.39. The molecule has 0 saturated heterocycles. The van der Waals surface area contributed by atoms with Gasteiger partial charge in [0, 0.05) is 11.4 Å². The second-order valence-electron chi connectivity index (χ2n) is 6.36. The van der Waals surface area contributed by atoms with E-state index in [0.29, 0.717) is 11.3 Å². The van der Waals surface area contributed by atoms with Crippen molar-refractivity contribution in [3.63, 3.8) is 0 Å². The van der Waals surface area contributed by atoms with Gasteiger partial charge in [-0.15, -0.1) is 11.3 Å². The van der Waals surface area contributed by atoms with Crippen LogP contribution >= 0.6 is 11.3 Å². The van der Waals surface area contributed by atoms with Gasteiger partial charge >= 0.3 is 5.97 Å². The summed E-state index contributed by atoms with van der Waals surface area (Å²) in [6.45, 7) is 10.1. The Kier molecular flexibility index (Phi) is 5.34. The van der Waals surface area contributed by atoms with E-state index in [1.54, 1.807) is 0 Å². The summed E-state index contributed by atoms with van der Waals surface area (Å²) in [5.74, 6) is -1.61. The van der Waals surface area contributed by atoms with E-state index in [9.17, 15) is 14.7 Å². The maximum atomic E-state index is 12.0. The van der Waals surface area contributed by atoms with Crippen molar-refractivity contribution in [2.45, 2.75) is 41.0 Å². The summed E-state index contributed by atoms with van der Waals surface area (Å²) in [4.78, 5) is 25.0. The molecule has 4 nitrogen and oxygen atoms in total. The number of carbonyl (C=O) groups excluding carboxylic acids is 1. The molecule has 1 unspecified atom stereocenters. The van der Waals surface area contributed by atoms with Gasteiger partial charge in [0.1, 0.15) is 0 Å². The van der Waals surface area contributed by atoms with Crippen molar-refractivity contribution in [1.82, 2.24) is 5.32 Å². The Morgan fingerprint density at radius 3 is 2.35 bits per heavy atom. The fraction of sp³-hybridized carbons (Fsp3) is 0.600. The summed E-state index contributed by atoms with van der Waals surface area (Å²) in [5.41, 5.74) is 1.01. The zero-order valence-electron chi connectivity index (χ0n) is 12.7. The number of thiophene rings is 1. The number of nitrogens with one attached hydrogen (secondary N) is 1. The lowest BCUT2D eigenvalue weighted by Crippen LogP contribution is -2.34. The van der Waals surface area contributed by atoms with Crippen molar-refractivity contribution in [3.05, 3.63) is 21.4 Å². The molecule has 0 aromatic carbocycles. The predicted octanol–water partition coefficient (Wildman–Crippen LogP) is 3.23. The molecule has 0 aliphatic rings. The van der Waals surface area contributed by atoms with Crippen molar-refractivity contribution >= 4 is 23.2 Å². The van der Waals surface area contributed by atoms with E-state index < -0.39 is 11.9 Å². The zero-order valence-corrected chi connectivity index (χ0v) is 13.6. The maximum Gasteiger partial charge on any atom is 0.308 e. The Morgan fingerprint density at radius 2 is 1.95 bits per heavy atom. The zero-order chi connectivity index (χ0) is 15.5. The van der Waals surface area contributed by atoms with Gasteiger partial charge in [-0.3, -0.25) is 9.59 Å². The number of aryl methyl sites for hydroxylation is 2. The molecule has 0 saturated carbocycles. The van der Waals surface area contributed by atoms with Crippen molar-refractivity contribution in [2.75, 3.05) is 6.54 Å². The Hall–Kier alpha value is -1.36. The predicted molar refractivity (Wildman–Crippen MR) is 81.3 cm³/mol. The molecule has 1 aromatic rings. The number of hydrogen-bond donors (Lipinski definition) is 2. The molecule has 20 heavy (non-hydrogen) atoms. The minimum Gasteiger partial charge on any atom is -0.481 e. The van der Waals surface area contributed by atoms with Crippen molar-refractivity contribution in [2.24, 2.45) is 11.3 Å². The fourth-order valence-corrected chi connectivity index (χ4v) is 2.92. The summed E-state index contributed by atoms with van der Waals surface area (Å²) >= 11 is 1.44. The Labute approximate surface area is 124 Å². The van der Waals surface area contributed by atoms with Gasteiger partial charge in [-0.05, 0) is 37.3 Å². The van der Waals surface area contributed by atoms with Gasteiger partial charge in [-0.1, -0.05) is 20.8 Å². The van der Waals surface area contributed by atoms with Crippen LogP contribution in [0.1, 0.15) is 47.3 Å². The molecule has 0 spiro atoms. The summed E-state index contributed by atoms with van der Waals surface area (Å²) in [5, 5.41) is 12.0. The highest BCUT2D eigenvalue weighted by Crippen LogP contribution is 2.25. The molecule has 112 valence electrons. The summed E-state index contributed by atoms with van der Waals surface area (Å²) in [7, 11) is 0. The summed E-state index contributed by atoms with van der Waals surface area (Å²) in [6.07, 6.45) is 0.533. The quantitative estimate of drug-likeness (QED) is 0.877. The second-order valence-corrected chi connectivity index (χ2v) is 7.62. The minimum atomic E-state index is -0.862. The molecule has 0 aliphatic heterocycles. The first-order chi connectivity index (χ1) is 9.10. The largest absolute Gasteiger partial charge is 0.481 e. The van der Waals surface area contributed by atoms with E-state index in [2.05, 4.69) is 5.32 Å². The summed E-state index contributed by atoms with van der Waals surface area (Å²) < 4.78 is 0. The maximum absolute atomic E-state index is 12.0. The van der Waals surface area contributed by atoms with Crippen LogP contribution in [-0.2, 0) is 4.79 Å². The first-order valence-electron chi connectivity index (χ1n) is 6.68. The molecule has 1 heterocycles. The number of rotatable bonds is 5. The SMILES string of the molecule is Cc1cc(C(=O)NCC(CC(C)(C)C)C(=O)O)sc1C. The number of carboxylic acids is 1. The van der Waals surface area contributed by atoms with E-state index in [1.807, 2.05) is 40.7 Å². The standard InChI is InChI=1S/C15H23NO3S/c1-9-6-12(20-10(9)2)13(17)16-8-11(14(18)19)7-15(3,4)5/h6,11H,7-8H2,1-5H3,(H,16,17)(H,18,19). The monoisotopic (exact) mass is 297 g/mol. The van der Waals surface area contributed by atoms with Crippen LogP contribution in [0.2, 0.25) is 0 Å². The smallest absolute Gasteiger partial charge is 0.308 e. The van der Waals surface area contributed by atoms with Crippen molar-refractivity contribution in [1.29, 1.82) is 0 Å². The number of amides is 1. The van der Waals surface area contributed by atoms with E-state index in [4.69, 9.17) is 0 Å². The molecule has 5 heteroatoms. The molecule has 2 N–H and O–H groups in total. The van der Waals surface area contributed by atoms with Gasteiger partial charge < -0.3 is 10.4 Å². The highest BCUT2D eigenvalue weighted by molar-refractivity contribution is 7.14. The lowest BCUT2D eigenvalue weighted by Gasteiger charge is -2.23. The molecular weight excluding hydrogens is 274 g/mol. The molecule has 0 radical (unpaired) electrons. The van der Waals surface area contributed by atoms with Gasteiger partial charge in [0.05, 0.1) is 10.8 Å². The molecule has 1 atom stereocenters. The lowest BCUT2D eigenvalue weighted by molar-refractivity contribution is -0.142. The van der Waals surface area contributed by atoms with Crippen LogP contribution in [0, 0.1) is 25.2 Å². The molecular formula is C15H23NO3S. The van der Waals surface area contributed by atoms with Crippen molar-refractivity contribution < 1.29 is 14.7 Å². The normalized spacial score (nSPS) is 13.1. The van der Waals surface area contributed by atoms with E-state index >= 15 is 0 Å². The average Bonchev–Trinajstić information content (AvgIpc) is 2.63. The van der Waals surface area contributed by atoms with Crippen LogP contribution in [0.3, 0.4) is 0 Å². The van der Waals surface area contributed by atoms with Crippen LogP contribution in [0.25, 0.3) is 0 Å². The Balaban J connectivity index is 2.63. The summed E-state index contributed by atoms with van der Waals surface area (Å²) in [6, 6.07) is 1.84. The lowest BCUT2D eigenvalue weighted by atomic mass is 9.84. The molecule has 0 bridgehead atoms. The van der Waals surface area contributed by atoms with Gasteiger partial charge in [0.15, 0.2) is 0 Å². The van der Waals surface area contributed by atoms with Crippen molar-refractivity contribution in [3.8, 4) is 0 Å². The average molecular weight is 297 g/mol. The van der Waals surface area contributed by atoms with Gasteiger partial charge in [0.2, 0.25) is 0 Å². The van der Waals surface area contributed by atoms with Crippen LogP contribution < -0.4 is 5.32 Å². The topological polar surface area (TPSA) is 66.4 Å². The third-order valence-corrected chi connectivity index (χ3v) is 4.26. The first-order valence-corrected chi connectivity index (χ1v) is 7.50. The first kappa shape index (κ1) is 16.7. The van der Waals surface area contributed by atoms with Gasteiger partial charge in [0.25, 0.3) is 5.91 Å².